The van der Waals surface area contributed by atoms with E-state index < -0.39 is 0 Å². The van der Waals surface area contributed by atoms with Crippen molar-refractivity contribution < 1.29 is 4.79 Å². The monoisotopic (exact) mass is 228 g/mol. The Morgan fingerprint density at radius 3 is 2.47 bits per heavy atom. The normalized spacial score (nSPS) is 23.4. The van der Waals surface area contributed by atoms with Crippen LogP contribution in [0.1, 0.15) is 20.8 Å². The van der Waals surface area contributed by atoms with Crippen molar-refractivity contribution in [2.75, 3.05) is 19.8 Å². The number of thioether (sulfide) groups is 1. The first kappa shape index (κ1) is 12.7. The minimum Gasteiger partial charge on any atom is -0.298 e. The third-order valence-electron chi connectivity index (χ3n) is 2.59. The smallest absolute Gasteiger partial charge is 0.154 e. The summed E-state index contributed by atoms with van der Waals surface area (Å²) in [7, 11) is 3.91. The fourth-order valence-corrected chi connectivity index (χ4v) is 2.68. The molecule has 0 amide bonds. The molecule has 0 aromatic rings. The van der Waals surface area contributed by atoms with Crippen LogP contribution in [0, 0.1) is 5.92 Å². The highest BCUT2D eigenvalue weighted by Gasteiger charge is 2.33. The maximum atomic E-state index is 12.1. The van der Waals surface area contributed by atoms with Crippen LogP contribution in [0.3, 0.4) is 0 Å². The van der Waals surface area contributed by atoms with E-state index >= 15 is 0 Å². The van der Waals surface area contributed by atoms with Gasteiger partial charge in [0.1, 0.15) is 0 Å². The van der Waals surface area contributed by atoms with Gasteiger partial charge in [-0.3, -0.25) is 14.7 Å². The van der Waals surface area contributed by atoms with E-state index in [-0.39, 0.29) is 18.0 Å². The van der Waals surface area contributed by atoms with Crippen LogP contribution in [-0.4, -0.2) is 47.7 Å². The first-order valence-corrected chi connectivity index (χ1v) is 6.29. The van der Waals surface area contributed by atoms with Crippen LogP contribution < -0.4 is 0 Å². The summed E-state index contributed by atoms with van der Waals surface area (Å²) in [6.45, 7) is 5.92. The van der Waals surface area contributed by atoms with Gasteiger partial charge in [-0.25, -0.2) is 0 Å². The number of carbonyl (C=O) groups excluding carboxylic acids is 1. The molecule has 0 saturated heterocycles. The van der Waals surface area contributed by atoms with Crippen molar-refractivity contribution in [2.24, 2.45) is 10.9 Å². The zero-order valence-electron chi connectivity index (χ0n) is 10.2. The Morgan fingerprint density at radius 1 is 1.53 bits per heavy atom. The molecule has 1 rings (SSSR count). The molecule has 0 aliphatic carbocycles. The van der Waals surface area contributed by atoms with Crippen LogP contribution in [0.5, 0.6) is 0 Å². The topological polar surface area (TPSA) is 32.7 Å². The van der Waals surface area contributed by atoms with Gasteiger partial charge in [0.25, 0.3) is 0 Å². The lowest BCUT2D eigenvalue weighted by molar-refractivity contribution is -0.126. The number of carbonyl (C=O) groups is 1. The largest absolute Gasteiger partial charge is 0.298 e. The van der Waals surface area contributed by atoms with Gasteiger partial charge in [-0.2, -0.15) is 0 Å². The molecule has 86 valence electrons. The maximum absolute atomic E-state index is 12.1. The molecule has 2 atom stereocenters. The Balaban J connectivity index is 2.79. The molecule has 0 spiro atoms. The summed E-state index contributed by atoms with van der Waals surface area (Å²) < 4.78 is 0. The summed E-state index contributed by atoms with van der Waals surface area (Å²) in [6.07, 6.45) is 0. The number of hydrogen-bond acceptors (Lipinski definition) is 4. The summed E-state index contributed by atoms with van der Waals surface area (Å²) in [5.74, 6) is 1.32. The Bertz CT molecular complexity index is 274. The van der Waals surface area contributed by atoms with Crippen LogP contribution in [0.15, 0.2) is 4.99 Å². The maximum Gasteiger partial charge on any atom is 0.154 e. The third-order valence-corrected chi connectivity index (χ3v) is 3.62. The van der Waals surface area contributed by atoms with Crippen LogP contribution >= 0.6 is 11.8 Å². The van der Waals surface area contributed by atoms with E-state index in [9.17, 15) is 4.79 Å². The summed E-state index contributed by atoms with van der Waals surface area (Å²) >= 11 is 1.75. The number of nitrogens with zero attached hydrogens (tertiary/aromatic N) is 2. The predicted octanol–water partition coefficient (Wildman–Crippen LogP) is 1.68. The Morgan fingerprint density at radius 2 is 2.13 bits per heavy atom. The third kappa shape index (κ3) is 3.05. The SMILES string of the molecule is CC1=NC(C(C(=O)C(C)C)N(C)C)CS1. The molecule has 4 heteroatoms. The molecule has 0 bridgehead atoms. The van der Waals surface area contributed by atoms with Gasteiger partial charge in [0.2, 0.25) is 0 Å². The number of hydrogen-bond donors (Lipinski definition) is 0. The summed E-state index contributed by atoms with van der Waals surface area (Å²) in [6, 6.07) is 0.0786. The van der Waals surface area contributed by atoms with Crippen LogP contribution in [-0.2, 0) is 4.79 Å². The average Bonchev–Trinajstić information content (AvgIpc) is 2.51. The second-order valence-corrected chi connectivity index (χ2v) is 5.70. The van der Waals surface area contributed by atoms with Crippen molar-refractivity contribution in [3.05, 3.63) is 0 Å². The van der Waals surface area contributed by atoms with Crippen molar-refractivity contribution in [1.82, 2.24) is 4.90 Å². The lowest BCUT2D eigenvalue weighted by atomic mass is 9.96. The molecule has 1 aliphatic heterocycles. The van der Waals surface area contributed by atoms with E-state index in [1.54, 1.807) is 11.8 Å². The van der Waals surface area contributed by atoms with Gasteiger partial charge in [-0.1, -0.05) is 13.8 Å². The van der Waals surface area contributed by atoms with Gasteiger partial charge >= 0.3 is 0 Å². The van der Waals surface area contributed by atoms with Crippen molar-refractivity contribution in [3.8, 4) is 0 Å². The highest BCUT2D eigenvalue weighted by atomic mass is 32.2. The van der Waals surface area contributed by atoms with Gasteiger partial charge < -0.3 is 0 Å². The highest BCUT2D eigenvalue weighted by Crippen LogP contribution is 2.23. The second kappa shape index (κ2) is 5.12. The lowest BCUT2D eigenvalue weighted by Gasteiger charge is -2.27. The first-order valence-electron chi connectivity index (χ1n) is 5.30. The number of Topliss-reactive ketones (excluding diaryl/α,β-unsaturated/α-hetero) is 1. The molecule has 0 radical (unpaired) electrons. The molecule has 1 heterocycles. The quantitative estimate of drug-likeness (QED) is 0.734. The minimum absolute atomic E-state index is 0.0602. The average molecular weight is 228 g/mol. The molecule has 2 unspecified atom stereocenters. The Labute approximate surface area is 96.3 Å². The fraction of sp³-hybridized carbons (Fsp3) is 0.818. The van der Waals surface area contributed by atoms with E-state index in [0.717, 1.165) is 10.8 Å². The molecule has 1 aliphatic rings. The molecule has 15 heavy (non-hydrogen) atoms. The molecular formula is C11H20N2OS. The van der Waals surface area contributed by atoms with Gasteiger partial charge in [0.05, 0.1) is 17.1 Å². The van der Waals surface area contributed by atoms with E-state index in [1.165, 1.54) is 0 Å². The zero-order chi connectivity index (χ0) is 11.6. The summed E-state index contributed by atoms with van der Waals surface area (Å²) in [4.78, 5) is 18.6. The Hall–Kier alpha value is -0.350. The minimum atomic E-state index is -0.0602. The van der Waals surface area contributed by atoms with Crippen molar-refractivity contribution >= 4 is 22.6 Å². The zero-order valence-corrected chi connectivity index (χ0v) is 11.0. The van der Waals surface area contributed by atoms with Crippen LogP contribution in [0.4, 0.5) is 0 Å². The molecule has 0 aromatic carbocycles. The number of aliphatic imine (C=N–C) groups is 1. The van der Waals surface area contributed by atoms with Gasteiger partial charge in [0, 0.05) is 11.7 Å². The lowest BCUT2D eigenvalue weighted by Crippen LogP contribution is -2.46. The predicted molar refractivity (Wildman–Crippen MR) is 66.7 cm³/mol. The fourth-order valence-electron chi connectivity index (χ4n) is 1.81. The molecule has 0 fully saturated rings. The Kier molecular flexibility index (Phi) is 4.34. The van der Waals surface area contributed by atoms with E-state index in [0.29, 0.717) is 5.78 Å². The van der Waals surface area contributed by atoms with Crippen molar-refractivity contribution in [2.45, 2.75) is 32.9 Å². The van der Waals surface area contributed by atoms with E-state index in [1.807, 2.05) is 39.8 Å². The van der Waals surface area contributed by atoms with Crippen LogP contribution in [0.2, 0.25) is 0 Å². The molecular weight excluding hydrogens is 208 g/mol. The molecule has 3 nitrogen and oxygen atoms in total. The number of ketones is 1. The second-order valence-electron chi connectivity index (χ2n) is 4.49. The van der Waals surface area contributed by atoms with Crippen molar-refractivity contribution in [1.29, 1.82) is 0 Å². The van der Waals surface area contributed by atoms with Gasteiger partial charge in [-0.05, 0) is 21.0 Å². The molecule has 0 aromatic heterocycles. The number of rotatable bonds is 4. The molecule has 0 N–H and O–H groups in total. The first-order chi connectivity index (χ1) is 6.93. The standard InChI is InChI=1S/C11H20N2OS/c1-7(2)11(14)10(13(4)5)9-6-15-8(3)12-9/h7,9-10H,6H2,1-5H3. The van der Waals surface area contributed by atoms with Crippen molar-refractivity contribution in [3.63, 3.8) is 0 Å². The van der Waals surface area contributed by atoms with E-state index in [4.69, 9.17) is 0 Å². The van der Waals surface area contributed by atoms with Gasteiger partial charge in [-0.15, -0.1) is 11.8 Å². The highest BCUT2D eigenvalue weighted by molar-refractivity contribution is 8.14. The van der Waals surface area contributed by atoms with Gasteiger partial charge in [0.15, 0.2) is 5.78 Å². The van der Waals surface area contributed by atoms with Crippen LogP contribution in [0.25, 0.3) is 0 Å². The summed E-state index contributed by atoms with van der Waals surface area (Å²) in [5, 5.41) is 1.10. The number of likely N-dealkylation sites (N-methyl/N-ethyl adjacent to an activating group) is 1. The summed E-state index contributed by atoms with van der Waals surface area (Å²) in [5.41, 5.74) is 0. The molecule has 0 saturated carbocycles. The van der Waals surface area contributed by atoms with E-state index in [2.05, 4.69) is 4.99 Å².